The van der Waals surface area contributed by atoms with Crippen LogP contribution in [-0.4, -0.2) is 86.0 Å². The number of aliphatic hydroxyl groups excluding tert-OH is 1. The molecule has 3 saturated heterocycles. The number of pyridine rings is 1. The first-order valence-corrected chi connectivity index (χ1v) is 23.9. The van der Waals surface area contributed by atoms with E-state index in [1.165, 1.54) is 12.3 Å². The molecule has 0 bridgehead atoms. The third-order valence-corrected chi connectivity index (χ3v) is 15.6. The van der Waals surface area contributed by atoms with Crippen molar-refractivity contribution < 1.29 is 33.4 Å². The Bertz CT molecular complexity index is 2640. The molecule has 4 fully saturated rings. The lowest BCUT2D eigenvalue weighted by atomic mass is 9.53. The predicted molar refractivity (Wildman–Crippen MR) is 247 cm³/mol. The van der Waals surface area contributed by atoms with Crippen LogP contribution in [0.15, 0.2) is 53.5 Å². The molecule has 9 rings (SSSR count). The highest BCUT2D eigenvalue weighted by atomic mass is 35.5. The normalized spacial score (nSPS) is 27.7. The summed E-state index contributed by atoms with van der Waals surface area (Å²) in [5, 5.41) is 26.0. The second-order valence-corrected chi connectivity index (χ2v) is 20.5. The second kappa shape index (κ2) is 18.0. The fraction of sp³-hybridized carbons (Fsp3) is 0.542. The van der Waals surface area contributed by atoms with E-state index in [1.54, 1.807) is 28.3 Å². The van der Waals surface area contributed by atoms with Crippen molar-refractivity contribution in [2.75, 3.05) is 18.5 Å². The number of hydrogen-bond acceptors (Lipinski definition) is 9. The van der Waals surface area contributed by atoms with Crippen LogP contribution in [0.5, 0.6) is 0 Å². The molecule has 6 N–H and O–H groups in total. The van der Waals surface area contributed by atoms with E-state index in [4.69, 9.17) is 27.9 Å². The van der Waals surface area contributed by atoms with Gasteiger partial charge in [0, 0.05) is 48.4 Å². The van der Waals surface area contributed by atoms with Crippen LogP contribution in [0.4, 0.5) is 10.1 Å². The van der Waals surface area contributed by atoms with Crippen molar-refractivity contribution in [3.63, 3.8) is 0 Å². The maximum absolute atomic E-state index is 16.3. The maximum atomic E-state index is 16.3. The Hall–Kier alpha value is -4.87. The Morgan fingerprint density at radius 2 is 1.76 bits per heavy atom. The lowest BCUT2D eigenvalue weighted by molar-refractivity contribution is -0.137. The lowest BCUT2D eigenvalue weighted by Gasteiger charge is -2.50. The van der Waals surface area contributed by atoms with E-state index in [9.17, 15) is 29.1 Å². The molecular formula is C48H57Cl2FN8O7. The van der Waals surface area contributed by atoms with Crippen LogP contribution < -0.4 is 32.3 Å². The largest absolute Gasteiger partial charge is 0.372 e. The summed E-state index contributed by atoms with van der Waals surface area (Å²) in [5.41, 5.74) is 1.28. The molecule has 18 heteroatoms. The van der Waals surface area contributed by atoms with Gasteiger partial charge >= 0.3 is 5.69 Å². The predicted octanol–water partition coefficient (Wildman–Crippen LogP) is 5.43. The molecule has 2 aromatic heterocycles. The molecule has 352 valence electrons. The molecule has 66 heavy (non-hydrogen) atoms. The summed E-state index contributed by atoms with van der Waals surface area (Å²) in [7, 11) is 1.70. The van der Waals surface area contributed by atoms with Crippen molar-refractivity contribution in [3.05, 3.63) is 91.8 Å². The Balaban J connectivity index is 0.809. The van der Waals surface area contributed by atoms with Crippen LogP contribution in [-0.2, 0) is 42.8 Å². The van der Waals surface area contributed by atoms with Gasteiger partial charge in [0.25, 0.3) is 0 Å². The average Bonchev–Trinajstić information content (AvgIpc) is 3.84. The summed E-state index contributed by atoms with van der Waals surface area (Å²) in [6.07, 6.45) is 6.99. The van der Waals surface area contributed by atoms with Gasteiger partial charge in [-0.25, -0.2) is 14.2 Å². The number of ether oxygens (including phenoxy) is 1. The molecule has 2 spiro atoms. The van der Waals surface area contributed by atoms with Gasteiger partial charge in [0.1, 0.15) is 17.7 Å². The highest BCUT2D eigenvalue weighted by Gasteiger charge is 2.73. The van der Waals surface area contributed by atoms with Crippen LogP contribution in [0, 0.1) is 11.2 Å². The van der Waals surface area contributed by atoms with E-state index >= 15 is 4.39 Å². The number of aryl methyl sites for hydroxylation is 2. The molecule has 1 aliphatic carbocycles. The standard InChI is InChI=1S/C48H57Cl2FN8O7/c1-46(2)17-19-47(20-18-46)48(30-11-9-27(49)24-31(30)55-44(48)64)37(29-16-22-52-40(50)38(29)51)39(57-47)43(63)54-28-10-14-35(66-25-28)42(62)53-21-6-4-5-7-26-8-12-32-34(23-26)58(3)45(65)59(32)33-13-15-36(60)56-41(33)61/h8-9,11-12,16,22-24,28,33,35,37,39,41,57,61H,4-7,10,13-15,17-21,25H2,1-3H3,(H,53,62)(H,54,63)(H,55,64)(H,56,60)/t28?,33?,35-,37-,39+,41?,48+/m0/s1. The summed E-state index contributed by atoms with van der Waals surface area (Å²) < 4.78 is 25.5. The highest BCUT2D eigenvalue weighted by Crippen LogP contribution is 2.64. The number of aromatic nitrogens is 3. The molecule has 5 aliphatic rings. The summed E-state index contributed by atoms with van der Waals surface area (Å²) in [5.74, 6) is -2.97. The number of fused-ring (bicyclic) bond motifs is 4. The Morgan fingerprint density at radius 3 is 2.50 bits per heavy atom. The van der Waals surface area contributed by atoms with Gasteiger partial charge < -0.3 is 31.1 Å². The zero-order chi connectivity index (χ0) is 46.7. The topological polar surface area (TPSA) is 198 Å². The fourth-order valence-electron chi connectivity index (χ4n) is 11.6. The number of benzene rings is 2. The monoisotopic (exact) mass is 946 g/mol. The molecule has 1 saturated carbocycles. The van der Waals surface area contributed by atoms with Crippen molar-refractivity contribution in [1.82, 2.24) is 35.4 Å². The molecular weight excluding hydrogens is 890 g/mol. The van der Waals surface area contributed by atoms with Crippen molar-refractivity contribution in [2.45, 2.75) is 138 Å². The molecule has 15 nitrogen and oxygen atoms in total. The first-order chi connectivity index (χ1) is 31.5. The van der Waals surface area contributed by atoms with E-state index in [2.05, 4.69) is 45.4 Å². The van der Waals surface area contributed by atoms with E-state index in [0.29, 0.717) is 60.4 Å². The van der Waals surface area contributed by atoms with E-state index < -0.39 is 59.1 Å². The van der Waals surface area contributed by atoms with Crippen LogP contribution in [0.2, 0.25) is 10.2 Å². The molecule has 4 amide bonds. The third kappa shape index (κ3) is 8.09. The minimum atomic E-state index is -1.39. The Kier molecular flexibility index (Phi) is 12.6. The van der Waals surface area contributed by atoms with Gasteiger partial charge in [0.05, 0.1) is 35.8 Å². The number of imidazole rings is 1. The number of nitrogens with zero attached hydrogens (tertiary/aromatic N) is 3. The van der Waals surface area contributed by atoms with Gasteiger partial charge in [-0.1, -0.05) is 55.6 Å². The number of piperidine rings is 1. The van der Waals surface area contributed by atoms with Gasteiger partial charge in [-0.2, -0.15) is 0 Å². The number of carbonyl (C=O) groups excluding carboxylic acids is 4. The van der Waals surface area contributed by atoms with Crippen molar-refractivity contribution in [3.8, 4) is 0 Å². The number of unbranched alkanes of at least 4 members (excludes halogenated alkanes) is 2. The Morgan fingerprint density at radius 1 is 0.970 bits per heavy atom. The highest BCUT2D eigenvalue weighted by molar-refractivity contribution is 6.31. The van der Waals surface area contributed by atoms with Crippen molar-refractivity contribution in [2.24, 2.45) is 12.5 Å². The quantitative estimate of drug-likeness (QED) is 0.0840. The van der Waals surface area contributed by atoms with Crippen molar-refractivity contribution >= 4 is 63.6 Å². The molecule has 0 radical (unpaired) electrons. The average molecular weight is 948 g/mol. The van der Waals surface area contributed by atoms with Gasteiger partial charge in [-0.3, -0.25) is 33.6 Å². The molecule has 7 atom stereocenters. The number of nitrogens with one attached hydrogen (secondary N) is 5. The molecule has 3 unspecified atom stereocenters. The molecule has 2 aromatic carbocycles. The minimum absolute atomic E-state index is 0.00367. The summed E-state index contributed by atoms with van der Waals surface area (Å²) >= 11 is 12.7. The minimum Gasteiger partial charge on any atom is -0.372 e. The van der Waals surface area contributed by atoms with E-state index in [0.717, 1.165) is 49.6 Å². The maximum Gasteiger partial charge on any atom is 0.329 e. The number of halogens is 3. The number of anilines is 1. The zero-order valence-corrected chi connectivity index (χ0v) is 38.9. The SMILES string of the molecule is Cn1c(=O)n(C2CCC(=O)NC2O)c2ccc(CCCCCNC(=O)[C@@H]3CCC(NC(=O)[C@@H]4NC5(CCC(C)(C)CC5)[C@@]5(C(=O)Nc6cc(Cl)ccc65)[C@H]4c4ccnc(Cl)c4F)CO3)cc21. The van der Waals surface area contributed by atoms with E-state index in [-0.39, 0.29) is 52.6 Å². The van der Waals surface area contributed by atoms with Gasteiger partial charge in [-0.15, -0.1) is 0 Å². The number of rotatable bonds is 11. The van der Waals surface area contributed by atoms with Gasteiger partial charge in [0.2, 0.25) is 23.6 Å². The lowest BCUT2D eigenvalue weighted by Crippen LogP contribution is -2.61. The first kappa shape index (κ1) is 46.2. The first-order valence-electron chi connectivity index (χ1n) is 23.1. The van der Waals surface area contributed by atoms with Gasteiger partial charge in [0.15, 0.2) is 11.0 Å². The molecule has 6 heterocycles. The zero-order valence-electron chi connectivity index (χ0n) is 37.4. The molecule has 4 aromatic rings. The number of carbonyl (C=O) groups is 4. The number of amides is 4. The fourth-order valence-corrected chi connectivity index (χ4v) is 11.9. The number of aliphatic hydroxyl groups is 1. The summed E-state index contributed by atoms with van der Waals surface area (Å²) in [4.78, 5) is 71.5. The molecule has 4 aliphatic heterocycles. The van der Waals surface area contributed by atoms with Gasteiger partial charge in [-0.05, 0) is 117 Å². The van der Waals surface area contributed by atoms with Crippen molar-refractivity contribution in [1.29, 1.82) is 0 Å². The van der Waals surface area contributed by atoms with E-state index in [1.807, 2.05) is 24.3 Å². The summed E-state index contributed by atoms with van der Waals surface area (Å²) in [6, 6.07) is 10.6. The third-order valence-electron chi connectivity index (χ3n) is 15.1. The second-order valence-electron chi connectivity index (χ2n) is 19.7. The Labute approximate surface area is 391 Å². The van der Waals surface area contributed by atoms with Crippen LogP contribution in [0.25, 0.3) is 11.0 Å². The van der Waals surface area contributed by atoms with Crippen LogP contribution in [0.3, 0.4) is 0 Å². The van der Waals surface area contributed by atoms with Crippen LogP contribution in [0.1, 0.15) is 113 Å². The smallest absolute Gasteiger partial charge is 0.329 e. The number of hydrogen-bond donors (Lipinski definition) is 6. The van der Waals surface area contributed by atoms with Crippen LogP contribution >= 0.6 is 23.2 Å². The summed E-state index contributed by atoms with van der Waals surface area (Å²) in [6.45, 7) is 4.96.